The van der Waals surface area contributed by atoms with Crippen molar-refractivity contribution < 1.29 is 0 Å². The van der Waals surface area contributed by atoms with Gasteiger partial charge < -0.3 is 10.6 Å². The highest BCUT2D eigenvalue weighted by Crippen LogP contribution is 1.94. The Kier molecular flexibility index (Phi) is 5.25. The lowest BCUT2D eigenvalue weighted by Crippen LogP contribution is -2.38. The lowest BCUT2D eigenvalue weighted by atomic mass is 10.2. The van der Waals surface area contributed by atoms with Gasteiger partial charge in [0.25, 0.3) is 0 Å². The summed E-state index contributed by atoms with van der Waals surface area (Å²) in [5.74, 6) is 0.607. The van der Waals surface area contributed by atoms with Gasteiger partial charge in [0.2, 0.25) is 0 Å². The monoisotopic (exact) mass is 240 g/mol. The van der Waals surface area contributed by atoms with E-state index in [4.69, 9.17) is 12.2 Å². The first-order valence-corrected chi connectivity index (χ1v) is 5.99. The van der Waals surface area contributed by atoms with Crippen molar-refractivity contribution >= 4 is 17.3 Å². The van der Waals surface area contributed by atoms with E-state index in [2.05, 4.69) is 29.6 Å². The van der Waals surface area contributed by atoms with Gasteiger partial charge in [-0.05, 0) is 24.2 Å². The van der Waals surface area contributed by atoms with Crippen molar-refractivity contribution in [3.05, 3.63) is 18.0 Å². The maximum atomic E-state index is 5.15. The number of hydrogen-bond acceptors (Lipinski definition) is 2. The van der Waals surface area contributed by atoms with Gasteiger partial charge in [0, 0.05) is 32.8 Å². The molecule has 0 unspecified atom stereocenters. The van der Waals surface area contributed by atoms with Crippen LogP contribution in [0.15, 0.2) is 12.3 Å². The van der Waals surface area contributed by atoms with Crippen molar-refractivity contribution in [1.82, 2.24) is 20.4 Å². The number of rotatable bonds is 5. The third-order valence-electron chi connectivity index (χ3n) is 2.11. The predicted octanol–water partition coefficient (Wildman–Crippen LogP) is 1.08. The maximum absolute atomic E-state index is 5.15. The third kappa shape index (κ3) is 5.11. The van der Waals surface area contributed by atoms with Crippen LogP contribution in [-0.2, 0) is 13.5 Å². The van der Waals surface area contributed by atoms with Crippen LogP contribution in [0.2, 0.25) is 0 Å². The third-order valence-corrected chi connectivity index (χ3v) is 2.40. The minimum atomic E-state index is 0.607. The van der Waals surface area contributed by atoms with E-state index in [1.807, 2.05) is 24.0 Å². The number of thiocarbonyl (C=S) groups is 1. The van der Waals surface area contributed by atoms with Crippen molar-refractivity contribution in [2.75, 3.05) is 13.1 Å². The first kappa shape index (κ1) is 13.0. The summed E-state index contributed by atoms with van der Waals surface area (Å²) in [6.07, 6.45) is 2.84. The highest BCUT2D eigenvalue weighted by molar-refractivity contribution is 7.80. The Labute approximate surface area is 102 Å². The first-order valence-electron chi connectivity index (χ1n) is 5.58. The topological polar surface area (TPSA) is 41.9 Å². The second kappa shape index (κ2) is 6.48. The van der Waals surface area contributed by atoms with Crippen molar-refractivity contribution in [2.24, 2.45) is 13.0 Å². The molecule has 2 N–H and O–H groups in total. The molecule has 0 atom stereocenters. The Morgan fingerprint density at radius 1 is 1.50 bits per heavy atom. The summed E-state index contributed by atoms with van der Waals surface area (Å²) < 4.78 is 1.81. The number of aromatic nitrogens is 2. The lowest BCUT2D eigenvalue weighted by molar-refractivity contribution is 0.619. The summed E-state index contributed by atoms with van der Waals surface area (Å²) in [6, 6.07) is 2.02. The van der Waals surface area contributed by atoms with Crippen molar-refractivity contribution in [1.29, 1.82) is 0 Å². The Hall–Kier alpha value is -1.10. The molecule has 5 heteroatoms. The van der Waals surface area contributed by atoms with Crippen LogP contribution in [-0.4, -0.2) is 28.0 Å². The molecule has 1 aromatic rings. The molecule has 4 nitrogen and oxygen atoms in total. The van der Waals surface area contributed by atoms with Crippen LogP contribution in [0.5, 0.6) is 0 Å². The molecule has 0 aromatic carbocycles. The smallest absolute Gasteiger partial charge is 0.166 e. The summed E-state index contributed by atoms with van der Waals surface area (Å²) in [5.41, 5.74) is 1.08. The molecule has 0 saturated heterocycles. The van der Waals surface area contributed by atoms with Crippen LogP contribution in [0.4, 0.5) is 0 Å². The largest absolute Gasteiger partial charge is 0.362 e. The van der Waals surface area contributed by atoms with E-state index in [0.29, 0.717) is 5.92 Å². The van der Waals surface area contributed by atoms with Gasteiger partial charge in [0.05, 0.1) is 5.69 Å². The molecule has 1 aromatic heterocycles. The van der Waals surface area contributed by atoms with Crippen molar-refractivity contribution in [3.63, 3.8) is 0 Å². The van der Waals surface area contributed by atoms with Crippen molar-refractivity contribution in [3.8, 4) is 0 Å². The molecular formula is C11H20N4S. The second-order valence-electron chi connectivity index (χ2n) is 4.26. The molecule has 0 aliphatic heterocycles. The average Bonchev–Trinajstić information content (AvgIpc) is 2.61. The maximum Gasteiger partial charge on any atom is 0.166 e. The van der Waals surface area contributed by atoms with E-state index in [-0.39, 0.29) is 0 Å². The Balaban J connectivity index is 2.13. The Morgan fingerprint density at radius 2 is 2.25 bits per heavy atom. The van der Waals surface area contributed by atoms with Gasteiger partial charge in [-0.25, -0.2) is 0 Å². The number of hydrogen-bond donors (Lipinski definition) is 2. The van der Waals surface area contributed by atoms with Gasteiger partial charge in [0.15, 0.2) is 5.11 Å². The standard InChI is InChI=1S/C11H20N4S/c1-9(2)8-13-11(16)12-6-4-10-5-7-15(3)14-10/h5,7,9H,4,6,8H2,1-3H3,(H2,12,13,16). The van der Waals surface area contributed by atoms with Gasteiger partial charge in [0.1, 0.15) is 0 Å². The first-order chi connectivity index (χ1) is 7.58. The molecule has 0 saturated carbocycles. The van der Waals surface area contributed by atoms with E-state index in [1.54, 1.807) is 0 Å². The van der Waals surface area contributed by atoms with Gasteiger partial charge >= 0.3 is 0 Å². The summed E-state index contributed by atoms with van der Waals surface area (Å²) in [7, 11) is 1.92. The number of nitrogens with zero attached hydrogens (tertiary/aromatic N) is 2. The molecule has 0 aliphatic rings. The SMILES string of the molecule is CC(C)CNC(=S)NCCc1ccn(C)n1. The van der Waals surface area contributed by atoms with Gasteiger partial charge in [-0.2, -0.15) is 5.10 Å². The van der Waals surface area contributed by atoms with E-state index in [1.165, 1.54) is 0 Å². The fourth-order valence-electron chi connectivity index (χ4n) is 1.26. The van der Waals surface area contributed by atoms with E-state index < -0.39 is 0 Å². The predicted molar refractivity (Wildman–Crippen MR) is 70.4 cm³/mol. The summed E-state index contributed by atoms with van der Waals surface area (Å²) in [5, 5.41) is 11.4. The molecule has 90 valence electrons. The average molecular weight is 240 g/mol. The highest BCUT2D eigenvalue weighted by Gasteiger charge is 1.99. The molecule has 0 amide bonds. The summed E-state index contributed by atoms with van der Waals surface area (Å²) in [6.45, 7) is 6.05. The molecule has 0 bridgehead atoms. The molecule has 16 heavy (non-hydrogen) atoms. The lowest BCUT2D eigenvalue weighted by Gasteiger charge is -2.11. The van der Waals surface area contributed by atoms with Crippen LogP contribution in [0.25, 0.3) is 0 Å². The molecule has 0 radical (unpaired) electrons. The van der Waals surface area contributed by atoms with Gasteiger partial charge in [-0.1, -0.05) is 13.8 Å². The zero-order valence-electron chi connectivity index (χ0n) is 10.2. The minimum absolute atomic E-state index is 0.607. The van der Waals surface area contributed by atoms with Crippen LogP contribution in [0.1, 0.15) is 19.5 Å². The summed E-state index contributed by atoms with van der Waals surface area (Å²) in [4.78, 5) is 0. The highest BCUT2D eigenvalue weighted by atomic mass is 32.1. The molecule has 1 rings (SSSR count). The fraction of sp³-hybridized carbons (Fsp3) is 0.636. The van der Waals surface area contributed by atoms with Crippen molar-refractivity contribution in [2.45, 2.75) is 20.3 Å². The van der Waals surface area contributed by atoms with Crippen LogP contribution in [0, 0.1) is 5.92 Å². The van der Waals surface area contributed by atoms with Crippen LogP contribution in [0.3, 0.4) is 0 Å². The molecule has 0 fully saturated rings. The van der Waals surface area contributed by atoms with E-state index >= 15 is 0 Å². The molecule has 1 heterocycles. The molecule has 0 aliphatic carbocycles. The minimum Gasteiger partial charge on any atom is -0.362 e. The van der Waals surface area contributed by atoms with Crippen LogP contribution >= 0.6 is 12.2 Å². The van der Waals surface area contributed by atoms with E-state index in [0.717, 1.165) is 30.3 Å². The quantitative estimate of drug-likeness (QED) is 0.756. The normalized spacial score (nSPS) is 10.5. The zero-order chi connectivity index (χ0) is 12.0. The van der Waals surface area contributed by atoms with E-state index in [9.17, 15) is 0 Å². The second-order valence-corrected chi connectivity index (χ2v) is 4.67. The Bertz CT molecular complexity index is 332. The summed E-state index contributed by atoms with van der Waals surface area (Å²) >= 11 is 5.15. The van der Waals surface area contributed by atoms with Gasteiger partial charge in [-0.3, -0.25) is 4.68 Å². The molecular weight excluding hydrogens is 220 g/mol. The van der Waals surface area contributed by atoms with Crippen LogP contribution < -0.4 is 10.6 Å². The number of nitrogens with one attached hydrogen (secondary N) is 2. The zero-order valence-corrected chi connectivity index (χ0v) is 11.0. The Morgan fingerprint density at radius 3 is 2.81 bits per heavy atom. The van der Waals surface area contributed by atoms with Gasteiger partial charge in [-0.15, -0.1) is 0 Å². The fourth-order valence-corrected chi connectivity index (χ4v) is 1.45. The number of aryl methyl sites for hydroxylation is 1. The molecule has 0 spiro atoms.